The highest BCUT2D eigenvalue weighted by molar-refractivity contribution is 5.27. The molecule has 1 N–H and O–H groups in total. The minimum Gasteiger partial charge on any atom is -0.353 e. The van der Waals surface area contributed by atoms with Gasteiger partial charge in [-0.3, -0.25) is 0 Å². The molecule has 1 unspecified atom stereocenters. The van der Waals surface area contributed by atoms with Gasteiger partial charge in [0.15, 0.2) is 0 Å². The molecular formula is C17H25N3. The van der Waals surface area contributed by atoms with Crippen molar-refractivity contribution in [3.8, 4) is 0 Å². The Bertz CT molecular complexity index is 490. The SMILES string of the molecule is CCCCn1ccnc1NC(C)CCc1ccccc1. The number of imidazole rings is 1. The van der Waals surface area contributed by atoms with Crippen LogP contribution in [0.25, 0.3) is 0 Å². The third-order valence-electron chi connectivity index (χ3n) is 3.55. The maximum atomic E-state index is 4.42. The molecule has 1 aromatic heterocycles. The summed E-state index contributed by atoms with van der Waals surface area (Å²) >= 11 is 0. The van der Waals surface area contributed by atoms with Crippen molar-refractivity contribution >= 4 is 5.95 Å². The highest BCUT2D eigenvalue weighted by Gasteiger charge is 2.07. The lowest BCUT2D eigenvalue weighted by molar-refractivity contribution is 0.622. The molecule has 0 fully saturated rings. The fourth-order valence-corrected chi connectivity index (χ4v) is 2.28. The van der Waals surface area contributed by atoms with Crippen molar-refractivity contribution in [2.45, 2.75) is 52.1 Å². The van der Waals surface area contributed by atoms with E-state index in [2.05, 4.69) is 65.2 Å². The molecule has 20 heavy (non-hydrogen) atoms. The molecule has 0 spiro atoms. The van der Waals surface area contributed by atoms with Crippen LogP contribution in [0.3, 0.4) is 0 Å². The van der Waals surface area contributed by atoms with E-state index in [0.29, 0.717) is 6.04 Å². The first-order valence-electron chi connectivity index (χ1n) is 7.61. The molecule has 108 valence electrons. The van der Waals surface area contributed by atoms with E-state index in [1.165, 1.54) is 18.4 Å². The van der Waals surface area contributed by atoms with E-state index in [1.807, 2.05) is 6.20 Å². The summed E-state index contributed by atoms with van der Waals surface area (Å²) in [5, 5.41) is 3.52. The van der Waals surface area contributed by atoms with Gasteiger partial charge in [0.1, 0.15) is 0 Å². The summed E-state index contributed by atoms with van der Waals surface area (Å²) in [7, 11) is 0. The van der Waals surface area contributed by atoms with Gasteiger partial charge in [-0.2, -0.15) is 0 Å². The quantitative estimate of drug-likeness (QED) is 0.783. The second-order valence-electron chi connectivity index (χ2n) is 5.37. The molecule has 1 heterocycles. The Morgan fingerprint density at radius 2 is 2.05 bits per heavy atom. The summed E-state index contributed by atoms with van der Waals surface area (Å²) in [6.07, 6.45) is 8.56. The first-order chi connectivity index (χ1) is 9.79. The van der Waals surface area contributed by atoms with E-state index < -0.39 is 0 Å². The van der Waals surface area contributed by atoms with Gasteiger partial charge in [0, 0.05) is 25.0 Å². The summed E-state index contributed by atoms with van der Waals surface area (Å²) < 4.78 is 2.21. The van der Waals surface area contributed by atoms with Crippen LogP contribution < -0.4 is 5.32 Å². The van der Waals surface area contributed by atoms with Crippen molar-refractivity contribution < 1.29 is 0 Å². The van der Waals surface area contributed by atoms with Crippen molar-refractivity contribution in [2.24, 2.45) is 0 Å². The maximum absolute atomic E-state index is 4.42. The Balaban J connectivity index is 1.82. The van der Waals surface area contributed by atoms with Crippen LogP contribution in [0.1, 0.15) is 38.7 Å². The highest BCUT2D eigenvalue weighted by atomic mass is 15.2. The van der Waals surface area contributed by atoms with E-state index in [-0.39, 0.29) is 0 Å². The predicted octanol–water partition coefficient (Wildman–Crippen LogP) is 4.12. The molecule has 2 rings (SSSR count). The van der Waals surface area contributed by atoms with Crippen LogP contribution in [0.5, 0.6) is 0 Å². The molecule has 3 nitrogen and oxygen atoms in total. The molecule has 0 aliphatic rings. The molecule has 0 aliphatic heterocycles. The number of anilines is 1. The minimum atomic E-state index is 0.429. The van der Waals surface area contributed by atoms with Crippen molar-refractivity contribution in [1.29, 1.82) is 0 Å². The third kappa shape index (κ3) is 4.41. The number of nitrogens with one attached hydrogen (secondary N) is 1. The average molecular weight is 271 g/mol. The highest BCUT2D eigenvalue weighted by Crippen LogP contribution is 2.11. The third-order valence-corrected chi connectivity index (χ3v) is 3.55. The number of benzene rings is 1. The molecule has 1 atom stereocenters. The van der Waals surface area contributed by atoms with E-state index in [9.17, 15) is 0 Å². The van der Waals surface area contributed by atoms with Gasteiger partial charge in [0.05, 0.1) is 0 Å². The second-order valence-corrected chi connectivity index (χ2v) is 5.37. The van der Waals surface area contributed by atoms with Gasteiger partial charge in [-0.15, -0.1) is 0 Å². The van der Waals surface area contributed by atoms with Crippen LogP contribution in [0.4, 0.5) is 5.95 Å². The van der Waals surface area contributed by atoms with Gasteiger partial charge in [-0.1, -0.05) is 43.7 Å². The Labute approximate surface area is 122 Å². The van der Waals surface area contributed by atoms with E-state index in [0.717, 1.165) is 25.3 Å². The van der Waals surface area contributed by atoms with Crippen molar-refractivity contribution in [3.05, 3.63) is 48.3 Å². The fraction of sp³-hybridized carbons (Fsp3) is 0.471. The van der Waals surface area contributed by atoms with Gasteiger partial charge in [0.25, 0.3) is 0 Å². The molecular weight excluding hydrogens is 246 g/mol. The first kappa shape index (κ1) is 14.6. The fourth-order valence-electron chi connectivity index (χ4n) is 2.28. The Kier molecular flexibility index (Phi) is 5.66. The van der Waals surface area contributed by atoms with Crippen LogP contribution >= 0.6 is 0 Å². The number of nitrogens with zero attached hydrogens (tertiary/aromatic N) is 2. The lowest BCUT2D eigenvalue weighted by atomic mass is 10.1. The summed E-state index contributed by atoms with van der Waals surface area (Å²) in [5.74, 6) is 0.999. The standard InChI is InChI=1S/C17H25N3/c1-3-4-13-20-14-12-18-17(20)19-15(2)10-11-16-8-6-5-7-9-16/h5-9,12,14-15H,3-4,10-11,13H2,1-2H3,(H,18,19). The van der Waals surface area contributed by atoms with Gasteiger partial charge in [-0.05, 0) is 31.7 Å². The summed E-state index contributed by atoms with van der Waals surface area (Å²) in [4.78, 5) is 4.42. The summed E-state index contributed by atoms with van der Waals surface area (Å²) in [5.41, 5.74) is 1.40. The number of hydrogen-bond acceptors (Lipinski definition) is 2. The monoisotopic (exact) mass is 271 g/mol. The zero-order chi connectivity index (χ0) is 14.2. The number of aryl methyl sites for hydroxylation is 2. The van der Waals surface area contributed by atoms with Crippen LogP contribution in [0, 0.1) is 0 Å². The zero-order valence-electron chi connectivity index (χ0n) is 12.5. The molecule has 3 heteroatoms. The minimum absolute atomic E-state index is 0.429. The summed E-state index contributed by atoms with van der Waals surface area (Å²) in [6, 6.07) is 11.1. The van der Waals surface area contributed by atoms with Crippen LogP contribution in [0.15, 0.2) is 42.7 Å². The van der Waals surface area contributed by atoms with E-state index >= 15 is 0 Å². The van der Waals surface area contributed by atoms with Crippen molar-refractivity contribution in [2.75, 3.05) is 5.32 Å². The lowest BCUT2D eigenvalue weighted by Gasteiger charge is -2.16. The van der Waals surface area contributed by atoms with Crippen LogP contribution in [-0.2, 0) is 13.0 Å². The van der Waals surface area contributed by atoms with E-state index in [1.54, 1.807) is 0 Å². The summed E-state index contributed by atoms with van der Waals surface area (Å²) in [6.45, 7) is 5.48. The van der Waals surface area contributed by atoms with Gasteiger partial charge in [0.2, 0.25) is 5.95 Å². The Morgan fingerprint density at radius 1 is 1.25 bits per heavy atom. The normalized spacial score (nSPS) is 12.3. The van der Waals surface area contributed by atoms with Crippen molar-refractivity contribution in [1.82, 2.24) is 9.55 Å². The number of unbranched alkanes of at least 4 members (excludes halogenated alkanes) is 1. The molecule has 0 saturated heterocycles. The topological polar surface area (TPSA) is 29.9 Å². The van der Waals surface area contributed by atoms with Gasteiger partial charge < -0.3 is 9.88 Å². The number of aromatic nitrogens is 2. The molecule has 0 aliphatic carbocycles. The van der Waals surface area contributed by atoms with Gasteiger partial charge in [-0.25, -0.2) is 4.98 Å². The van der Waals surface area contributed by atoms with Crippen LogP contribution in [-0.4, -0.2) is 15.6 Å². The second kappa shape index (κ2) is 7.73. The van der Waals surface area contributed by atoms with Crippen molar-refractivity contribution in [3.63, 3.8) is 0 Å². The Hall–Kier alpha value is -1.77. The molecule has 2 aromatic rings. The zero-order valence-corrected chi connectivity index (χ0v) is 12.5. The largest absolute Gasteiger partial charge is 0.353 e. The molecule has 0 saturated carbocycles. The molecule has 0 amide bonds. The van der Waals surface area contributed by atoms with Gasteiger partial charge >= 0.3 is 0 Å². The average Bonchev–Trinajstić information content (AvgIpc) is 2.91. The number of hydrogen-bond donors (Lipinski definition) is 1. The molecule has 0 bridgehead atoms. The predicted molar refractivity (Wildman–Crippen MR) is 85.0 cm³/mol. The molecule has 0 radical (unpaired) electrons. The van der Waals surface area contributed by atoms with E-state index in [4.69, 9.17) is 0 Å². The smallest absolute Gasteiger partial charge is 0.202 e. The molecule has 1 aromatic carbocycles. The number of rotatable bonds is 8. The maximum Gasteiger partial charge on any atom is 0.202 e. The first-order valence-corrected chi connectivity index (χ1v) is 7.61. The van der Waals surface area contributed by atoms with Crippen LogP contribution in [0.2, 0.25) is 0 Å². The lowest BCUT2D eigenvalue weighted by Crippen LogP contribution is -2.19. The Morgan fingerprint density at radius 3 is 2.80 bits per heavy atom.